The van der Waals surface area contributed by atoms with Gasteiger partial charge in [0.05, 0.1) is 18.8 Å². The Morgan fingerprint density at radius 1 is 1.18 bits per heavy atom. The highest BCUT2D eigenvalue weighted by Crippen LogP contribution is 2.33. The molecule has 3 rings (SSSR count). The smallest absolute Gasteiger partial charge is 0.120 e. The molecule has 2 aromatic rings. The van der Waals surface area contributed by atoms with E-state index < -0.39 is 0 Å². The molecule has 0 aromatic heterocycles. The molecule has 22 heavy (non-hydrogen) atoms. The first-order chi connectivity index (χ1) is 10.6. The van der Waals surface area contributed by atoms with Gasteiger partial charge in [0, 0.05) is 10.7 Å². The van der Waals surface area contributed by atoms with Crippen LogP contribution in [0.3, 0.4) is 0 Å². The maximum atomic E-state index is 5.97. The standard InChI is InChI=1S/C18H20ClNO2/c1-13(2)22-17-5-3-4-14(10-17)18-11-21-12-20(18)16-8-6-15(19)7-9-16/h3-10,13,18H,11-12H2,1-2H3/t18-/m1/s1. The van der Waals surface area contributed by atoms with Gasteiger partial charge in [-0.05, 0) is 55.8 Å². The Balaban J connectivity index is 1.85. The van der Waals surface area contributed by atoms with E-state index in [2.05, 4.69) is 17.0 Å². The first-order valence-corrected chi connectivity index (χ1v) is 7.88. The molecule has 1 aliphatic rings. The van der Waals surface area contributed by atoms with Crippen molar-refractivity contribution in [2.75, 3.05) is 18.2 Å². The summed E-state index contributed by atoms with van der Waals surface area (Å²) in [5.41, 5.74) is 2.31. The van der Waals surface area contributed by atoms with Gasteiger partial charge in [0.2, 0.25) is 0 Å². The maximum absolute atomic E-state index is 5.97. The van der Waals surface area contributed by atoms with Gasteiger partial charge in [-0.3, -0.25) is 0 Å². The molecule has 1 aliphatic heterocycles. The van der Waals surface area contributed by atoms with Crippen LogP contribution in [0.1, 0.15) is 25.5 Å². The van der Waals surface area contributed by atoms with Crippen LogP contribution in [0, 0.1) is 0 Å². The van der Waals surface area contributed by atoms with Gasteiger partial charge in [0.15, 0.2) is 0 Å². The summed E-state index contributed by atoms with van der Waals surface area (Å²) in [6, 6.07) is 16.3. The van der Waals surface area contributed by atoms with E-state index >= 15 is 0 Å². The third kappa shape index (κ3) is 3.37. The third-order valence-corrected chi connectivity index (χ3v) is 3.91. The Bertz CT molecular complexity index is 627. The number of rotatable bonds is 4. The molecule has 1 heterocycles. The van der Waals surface area contributed by atoms with Gasteiger partial charge >= 0.3 is 0 Å². The quantitative estimate of drug-likeness (QED) is 0.818. The summed E-state index contributed by atoms with van der Waals surface area (Å²) in [5.74, 6) is 0.899. The lowest BCUT2D eigenvalue weighted by atomic mass is 10.1. The Hall–Kier alpha value is -1.71. The van der Waals surface area contributed by atoms with Gasteiger partial charge in [0.25, 0.3) is 0 Å². The topological polar surface area (TPSA) is 21.7 Å². The number of ether oxygens (including phenoxy) is 2. The van der Waals surface area contributed by atoms with Crippen molar-refractivity contribution in [3.8, 4) is 5.75 Å². The second-order valence-electron chi connectivity index (χ2n) is 5.70. The molecule has 116 valence electrons. The maximum Gasteiger partial charge on any atom is 0.120 e. The summed E-state index contributed by atoms with van der Waals surface area (Å²) in [5, 5.41) is 0.743. The summed E-state index contributed by atoms with van der Waals surface area (Å²) in [7, 11) is 0. The van der Waals surface area contributed by atoms with E-state index in [4.69, 9.17) is 21.1 Å². The van der Waals surface area contributed by atoms with Crippen LogP contribution in [0.25, 0.3) is 0 Å². The zero-order valence-electron chi connectivity index (χ0n) is 12.8. The van der Waals surface area contributed by atoms with Crippen molar-refractivity contribution < 1.29 is 9.47 Å². The van der Waals surface area contributed by atoms with Crippen LogP contribution in [0.5, 0.6) is 5.75 Å². The minimum absolute atomic E-state index is 0.169. The van der Waals surface area contributed by atoms with E-state index in [-0.39, 0.29) is 12.1 Å². The highest BCUT2D eigenvalue weighted by molar-refractivity contribution is 6.30. The van der Waals surface area contributed by atoms with E-state index in [1.807, 2.05) is 50.2 Å². The summed E-state index contributed by atoms with van der Waals surface area (Å²) in [6.45, 7) is 5.33. The largest absolute Gasteiger partial charge is 0.491 e. The van der Waals surface area contributed by atoms with Gasteiger partial charge < -0.3 is 14.4 Å². The van der Waals surface area contributed by atoms with Gasteiger partial charge in [-0.15, -0.1) is 0 Å². The molecule has 1 fully saturated rings. The molecule has 2 aromatic carbocycles. The molecule has 0 bridgehead atoms. The Kier molecular flexibility index (Phi) is 4.55. The molecule has 4 heteroatoms. The summed E-state index contributed by atoms with van der Waals surface area (Å²) >= 11 is 5.97. The van der Waals surface area contributed by atoms with Crippen LogP contribution >= 0.6 is 11.6 Å². The monoisotopic (exact) mass is 317 g/mol. The van der Waals surface area contributed by atoms with Crippen molar-refractivity contribution in [1.29, 1.82) is 0 Å². The number of hydrogen-bond donors (Lipinski definition) is 0. The minimum Gasteiger partial charge on any atom is -0.491 e. The molecule has 1 saturated heterocycles. The predicted octanol–water partition coefficient (Wildman–Crippen LogP) is 4.66. The molecule has 3 nitrogen and oxygen atoms in total. The molecule has 0 amide bonds. The molecule has 1 atom stereocenters. The lowest BCUT2D eigenvalue weighted by molar-refractivity contribution is 0.194. The SMILES string of the molecule is CC(C)Oc1cccc([C@H]2COCN2c2ccc(Cl)cc2)c1. The van der Waals surface area contributed by atoms with Gasteiger partial charge in [0.1, 0.15) is 12.5 Å². The number of nitrogens with zero attached hydrogens (tertiary/aromatic N) is 1. The minimum atomic E-state index is 0.169. The van der Waals surface area contributed by atoms with E-state index in [0.29, 0.717) is 13.3 Å². The van der Waals surface area contributed by atoms with Crippen molar-refractivity contribution in [3.63, 3.8) is 0 Å². The second kappa shape index (κ2) is 6.59. The summed E-state index contributed by atoms with van der Waals surface area (Å²) < 4.78 is 11.5. The number of hydrogen-bond acceptors (Lipinski definition) is 3. The van der Waals surface area contributed by atoms with Crippen molar-refractivity contribution in [2.45, 2.75) is 26.0 Å². The van der Waals surface area contributed by atoms with E-state index in [9.17, 15) is 0 Å². The van der Waals surface area contributed by atoms with Crippen LogP contribution in [0.4, 0.5) is 5.69 Å². The highest BCUT2D eigenvalue weighted by Gasteiger charge is 2.27. The Labute approximate surface area is 136 Å². The molecular weight excluding hydrogens is 298 g/mol. The summed E-state index contributed by atoms with van der Waals surface area (Å²) in [4.78, 5) is 2.24. The van der Waals surface area contributed by atoms with Crippen LogP contribution in [-0.2, 0) is 4.74 Å². The van der Waals surface area contributed by atoms with Crippen LogP contribution in [-0.4, -0.2) is 19.4 Å². The average molecular weight is 318 g/mol. The molecule has 0 saturated carbocycles. The normalized spacial score (nSPS) is 18.0. The fourth-order valence-electron chi connectivity index (χ4n) is 2.67. The van der Waals surface area contributed by atoms with Gasteiger partial charge in [-0.1, -0.05) is 23.7 Å². The third-order valence-electron chi connectivity index (χ3n) is 3.66. The zero-order valence-corrected chi connectivity index (χ0v) is 13.6. The lowest BCUT2D eigenvalue weighted by Crippen LogP contribution is -2.23. The molecule has 0 radical (unpaired) electrons. The molecule has 0 N–H and O–H groups in total. The van der Waals surface area contributed by atoms with Crippen molar-refractivity contribution in [2.24, 2.45) is 0 Å². The van der Waals surface area contributed by atoms with Crippen molar-refractivity contribution in [3.05, 3.63) is 59.1 Å². The van der Waals surface area contributed by atoms with Crippen molar-refractivity contribution in [1.82, 2.24) is 0 Å². The van der Waals surface area contributed by atoms with Crippen LogP contribution < -0.4 is 9.64 Å². The number of halogens is 1. The van der Waals surface area contributed by atoms with Crippen LogP contribution in [0.15, 0.2) is 48.5 Å². The van der Waals surface area contributed by atoms with E-state index in [1.54, 1.807) is 0 Å². The predicted molar refractivity (Wildman–Crippen MR) is 89.7 cm³/mol. The van der Waals surface area contributed by atoms with Gasteiger partial charge in [-0.2, -0.15) is 0 Å². The first-order valence-electron chi connectivity index (χ1n) is 7.50. The Morgan fingerprint density at radius 2 is 1.95 bits per heavy atom. The average Bonchev–Trinajstić information content (AvgIpc) is 2.97. The van der Waals surface area contributed by atoms with E-state index in [1.165, 1.54) is 5.56 Å². The zero-order chi connectivity index (χ0) is 15.5. The first kappa shape index (κ1) is 15.2. The van der Waals surface area contributed by atoms with Crippen LogP contribution in [0.2, 0.25) is 5.02 Å². The molecule has 0 unspecified atom stereocenters. The Morgan fingerprint density at radius 3 is 2.68 bits per heavy atom. The highest BCUT2D eigenvalue weighted by atomic mass is 35.5. The second-order valence-corrected chi connectivity index (χ2v) is 6.14. The summed E-state index contributed by atoms with van der Waals surface area (Å²) in [6.07, 6.45) is 0.169. The fourth-order valence-corrected chi connectivity index (χ4v) is 2.80. The number of anilines is 1. The molecule has 0 aliphatic carbocycles. The van der Waals surface area contributed by atoms with Crippen molar-refractivity contribution >= 4 is 17.3 Å². The molecule has 0 spiro atoms. The lowest BCUT2D eigenvalue weighted by Gasteiger charge is -2.25. The number of benzene rings is 2. The molecular formula is C18H20ClNO2. The van der Waals surface area contributed by atoms with Gasteiger partial charge in [-0.25, -0.2) is 0 Å². The van der Waals surface area contributed by atoms with E-state index in [0.717, 1.165) is 16.5 Å². The fraction of sp³-hybridized carbons (Fsp3) is 0.333.